The first-order valence-electron chi connectivity index (χ1n) is 9.33. The van der Waals surface area contributed by atoms with Gasteiger partial charge in [-0.2, -0.15) is 0 Å². The van der Waals surface area contributed by atoms with E-state index in [4.69, 9.17) is 9.72 Å². The van der Waals surface area contributed by atoms with Gasteiger partial charge in [0.05, 0.1) is 5.52 Å². The van der Waals surface area contributed by atoms with Crippen molar-refractivity contribution in [3.8, 4) is 0 Å². The maximum absolute atomic E-state index is 12.9. The highest BCUT2D eigenvalue weighted by Crippen LogP contribution is 2.27. The van der Waals surface area contributed by atoms with E-state index in [1.54, 1.807) is 4.68 Å². The molecule has 0 N–H and O–H groups in total. The van der Waals surface area contributed by atoms with Crippen LogP contribution in [0.25, 0.3) is 10.9 Å². The van der Waals surface area contributed by atoms with Gasteiger partial charge in [0.1, 0.15) is 11.4 Å². The van der Waals surface area contributed by atoms with Crippen molar-refractivity contribution in [2.24, 2.45) is 0 Å². The first kappa shape index (κ1) is 17.4. The second-order valence-corrected chi connectivity index (χ2v) is 6.64. The van der Waals surface area contributed by atoms with Crippen molar-refractivity contribution in [1.82, 2.24) is 25.2 Å². The number of fused-ring (bicyclic) bond motifs is 1. The molecule has 1 fully saturated rings. The highest BCUT2D eigenvalue weighted by atomic mass is 16.5. The molecule has 1 saturated heterocycles. The van der Waals surface area contributed by atoms with E-state index in [0.717, 1.165) is 43.3 Å². The second kappa shape index (κ2) is 7.69. The largest absolute Gasteiger partial charge is 0.454 e. The van der Waals surface area contributed by atoms with E-state index in [1.807, 2.05) is 37.3 Å². The fourth-order valence-corrected chi connectivity index (χ4v) is 3.35. The number of aromatic nitrogens is 5. The molecule has 0 radical (unpaired) electrons. The van der Waals surface area contributed by atoms with Crippen LogP contribution in [0.2, 0.25) is 0 Å². The van der Waals surface area contributed by atoms with Crippen molar-refractivity contribution in [3.63, 3.8) is 0 Å². The van der Waals surface area contributed by atoms with Crippen molar-refractivity contribution < 1.29 is 9.53 Å². The normalized spacial score (nSPS) is 14.0. The summed E-state index contributed by atoms with van der Waals surface area (Å²) in [5.41, 5.74) is 1.37. The lowest BCUT2D eigenvalue weighted by Gasteiger charge is -2.20. The van der Waals surface area contributed by atoms with Crippen LogP contribution < -0.4 is 4.90 Å². The fraction of sp³-hybridized carbons (Fsp3) is 0.421. The minimum absolute atomic E-state index is 0.0398. The van der Waals surface area contributed by atoms with Crippen LogP contribution in [0.5, 0.6) is 0 Å². The summed E-state index contributed by atoms with van der Waals surface area (Å²) in [5, 5.41) is 12.5. The molecule has 3 aromatic rings. The molecular formula is C19H22N6O2. The zero-order chi connectivity index (χ0) is 18.6. The minimum atomic E-state index is -0.402. The Kier molecular flexibility index (Phi) is 4.95. The van der Waals surface area contributed by atoms with Crippen molar-refractivity contribution in [2.45, 2.75) is 39.3 Å². The zero-order valence-electron chi connectivity index (χ0n) is 15.3. The molecule has 1 aliphatic heterocycles. The third-order valence-corrected chi connectivity index (χ3v) is 4.70. The molecule has 2 aromatic heterocycles. The first-order chi connectivity index (χ1) is 13.3. The Balaban J connectivity index is 1.61. The molecule has 8 heteroatoms. The third kappa shape index (κ3) is 3.60. The molecule has 27 heavy (non-hydrogen) atoms. The maximum atomic E-state index is 12.9. The Morgan fingerprint density at radius 1 is 1.22 bits per heavy atom. The number of carbonyl (C=O) groups is 1. The number of para-hydroxylation sites is 1. The molecule has 0 saturated carbocycles. The topological polar surface area (TPSA) is 86.0 Å². The monoisotopic (exact) mass is 366 g/mol. The molecular weight excluding hydrogens is 344 g/mol. The van der Waals surface area contributed by atoms with Crippen molar-refractivity contribution in [1.29, 1.82) is 0 Å². The molecule has 1 aliphatic rings. The number of ether oxygens (including phenoxy) is 1. The van der Waals surface area contributed by atoms with Gasteiger partial charge >= 0.3 is 5.97 Å². The van der Waals surface area contributed by atoms with Crippen molar-refractivity contribution in [3.05, 3.63) is 41.7 Å². The number of tetrazole rings is 1. The van der Waals surface area contributed by atoms with Gasteiger partial charge in [0.25, 0.3) is 0 Å². The van der Waals surface area contributed by atoms with Crippen LogP contribution in [0.3, 0.4) is 0 Å². The summed E-state index contributed by atoms with van der Waals surface area (Å²) in [7, 11) is 0. The molecule has 8 nitrogen and oxygen atoms in total. The summed E-state index contributed by atoms with van der Waals surface area (Å²) >= 11 is 0. The van der Waals surface area contributed by atoms with E-state index >= 15 is 0 Å². The average molecular weight is 366 g/mol. The highest BCUT2D eigenvalue weighted by molar-refractivity contribution is 5.99. The number of hydrogen-bond donors (Lipinski definition) is 0. The van der Waals surface area contributed by atoms with Crippen LogP contribution in [-0.2, 0) is 17.9 Å². The number of esters is 1. The number of aryl methyl sites for hydroxylation is 1. The molecule has 4 rings (SSSR count). The van der Waals surface area contributed by atoms with Crippen LogP contribution in [0, 0.1) is 0 Å². The lowest BCUT2D eigenvalue weighted by Crippen LogP contribution is -2.23. The molecule has 0 aliphatic carbocycles. The summed E-state index contributed by atoms with van der Waals surface area (Å²) in [6, 6.07) is 9.67. The lowest BCUT2D eigenvalue weighted by atomic mass is 10.1. The van der Waals surface area contributed by atoms with Gasteiger partial charge in [-0.1, -0.05) is 25.1 Å². The number of anilines is 1. The standard InChI is InChI=1S/C19H22N6O2/c1-2-9-25-17(21-22-23-25)13-27-19(26)15-12-14-7-3-4-8-16(14)20-18(15)24-10-5-6-11-24/h3-4,7-8,12H,2,5-6,9-11,13H2,1H3. The van der Waals surface area contributed by atoms with E-state index in [9.17, 15) is 4.79 Å². The van der Waals surface area contributed by atoms with Crippen LogP contribution in [-0.4, -0.2) is 44.3 Å². The van der Waals surface area contributed by atoms with E-state index in [2.05, 4.69) is 20.4 Å². The van der Waals surface area contributed by atoms with E-state index in [0.29, 0.717) is 23.8 Å². The average Bonchev–Trinajstić information content (AvgIpc) is 3.37. The number of pyridine rings is 1. The number of rotatable bonds is 6. The van der Waals surface area contributed by atoms with Crippen LogP contribution in [0.4, 0.5) is 5.82 Å². The number of nitrogens with zero attached hydrogens (tertiary/aromatic N) is 6. The van der Waals surface area contributed by atoms with Gasteiger partial charge in [0, 0.05) is 25.0 Å². The van der Waals surface area contributed by atoms with Gasteiger partial charge in [0.15, 0.2) is 12.4 Å². The van der Waals surface area contributed by atoms with Gasteiger partial charge < -0.3 is 9.64 Å². The smallest absolute Gasteiger partial charge is 0.342 e. The Labute approximate surface area is 157 Å². The summed E-state index contributed by atoms with van der Waals surface area (Å²) in [6.45, 7) is 4.58. The lowest BCUT2D eigenvalue weighted by molar-refractivity contribution is 0.0457. The van der Waals surface area contributed by atoms with Crippen LogP contribution in [0.1, 0.15) is 42.4 Å². The van der Waals surface area contributed by atoms with Gasteiger partial charge in [-0.25, -0.2) is 14.5 Å². The molecule has 0 spiro atoms. The SMILES string of the molecule is CCCn1nnnc1COC(=O)c1cc2ccccc2nc1N1CCCC1. The maximum Gasteiger partial charge on any atom is 0.342 e. The van der Waals surface area contributed by atoms with E-state index < -0.39 is 5.97 Å². The fourth-order valence-electron chi connectivity index (χ4n) is 3.35. The van der Waals surface area contributed by atoms with Crippen LogP contribution >= 0.6 is 0 Å². The molecule has 0 unspecified atom stereocenters. The summed E-state index contributed by atoms with van der Waals surface area (Å²) < 4.78 is 7.20. The van der Waals surface area contributed by atoms with E-state index in [-0.39, 0.29) is 6.61 Å². The summed E-state index contributed by atoms with van der Waals surface area (Å²) in [4.78, 5) is 19.8. The molecule has 140 valence electrons. The van der Waals surface area contributed by atoms with E-state index in [1.165, 1.54) is 0 Å². The molecule has 3 heterocycles. The van der Waals surface area contributed by atoms with Gasteiger partial charge in [-0.05, 0) is 41.8 Å². The minimum Gasteiger partial charge on any atom is -0.454 e. The summed E-state index contributed by atoms with van der Waals surface area (Å²) in [5.74, 6) is 0.840. The second-order valence-electron chi connectivity index (χ2n) is 6.64. The van der Waals surface area contributed by atoms with Crippen molar-refractivity contribution in [2.75, 3.05) is 18.0 Å². The molecule has 0 amide bonds. The third-order valence-electron chi connectivity index (χ3n) is 4.70. The molecule has 0 bridgehead atoms. The Bertz CT molecular complexity index is 948. The Morgan fingerprint density at radius 3 is 2.85 bits per heavy atom. The van der Waals surface area contributed by atoms with Gasteiger partial charge in [-0.15, -0.1) is 5.10 Å². The number of carbonyl (C=O) groups excluding carboxylic acids is 1. The zero-order valence-corrected chi connectivity index (χ0v) is 15.3. The number of benzene rings is 1. The number of hydrogen-bond acceptors (Lipinski definition) is 7. The summed E-state index contributed by atoms with van der Waals surface area (Å²) in [6.07, 6.45) is 3.11. The van der Waals surface area contributed by atoms with Gasteiger partial charge in [-0.3, -0.25) is 0 Å². The molecule has 0 atom stereocenters. The predicted molar refractivity (Wildman–Crippen MR) is 100 cm³/mol. The molecule has 1 aromatic carbocycles. The predicted octanol–water partition coefficient (Wildman–Crippen LogP) is 2.59. The van der Waals surface area contributed by atoms with Crippen LogP contribution in [0.15, 0.2) is 30.3 Å². The van der Waals surface area contributed by atoms with Gasteiger partial charge in [0.2, 0.25) is 0 Å². The Hall–Kier alpha value is -3.03. The quantitative estimate of drug-likeness (QED) is 0.620. The van der Waals surface area contributed by atoms with Crippen molar-refractivity contribution >= 4 is 22.7 Å². The first-order valence-corrected chi connectivity index (χ1v) is 9.33. The highest BCUT2D eigenvalue weighted by Gasteiger charge is 2.23. The Morgan fingerprint density at radius 2 is 2.04 bits per heavy atom.